The second-order valence-corrected chi connectivity index (χ2v) is 6.79. The van der Waals surface area contributed by atoms with Gasteiger partial charge in [0.25, 0.3) is 5.56 Å². The summed E-state index contributed by atoms with van der Waals surface area (Å²) in [6, 6.07) is 11.9. The van der Waals surface area contributed by atoms with E-state index in [0.29, 0.717) is 28.4 Å². The third kappa shape index (κ3) is 4.02. The third-order valence-corrected chi connectivity index (χ3v) is 4.69. The van der Waals surface area contributed by atoms with E-state index in [2.05, 4.69) is 5.10 Å². The van der Waals surface area contributed by atoms with Crippen LogP contribution in [-0.4, -0.2) is 31.8 Å². The van der Waals surface area contributed by atoms with E-state index < -0.39 is 0 Å². The monoisotopic (exact) mass is 385 g/mol. The summed E-state index contributed by atoms with van der Waals surface area (Å²) in [5.74, 6) is -0.0730. The predicted octanol–water partition coefficient (Wildman–Crippen LogP) is 2.36. The van der Waals surface area contributed by atoms with Gasteiger partial charge in [-0.15, -0.1) is 0 Å². The molecule has 2 aromatic heterocycles. The van der Waals surface area contributed by atoms with Crippen molar-refractivity contribution in [3.63, 3.8) is 0 Å². The Morgan fingerprint density at radius 1 is 1.19 bits per heavy atom. The van der Waals surface area contributed by atoms with Crippen LogP contribution in [0.2, 0.25) is 5.02 Å². The van der Waals surface area contributed by atoms with Crippen molar-refractivity contribution in [3.05, 3.63) is 86.0 Å². The van der Waals surface area contributed by atoms with Crippen molar-refractivity contribution in [2.24, 2.45) is 7.05 Å². The van der Waals surface area contributed by atoms with Crippen LogP contribution in [0.3, 0.4) is 0 Å². The minimum Gasteiger partial charge on any atom is -0.394 e. The number of hydrogen-bond acceptors (Lipinski definition) is 4. The van der Waals surface area contributed by atoms with Gasteiger partial charge in [0.2, 0.25) is 5.78 Å². The molecule has 2 heterocycles. The molecule has 0 bridgehead atoms. The molecular formula is C20H20ClN3O3. The van der Waals surface area contributed by atoms with Gasteiger partial charge in [0, 0.05) is 35.8 Å². The lowest BCUT2D eigenvalue weighted by Gasteiger charge is -2.09. The number of benzene rings is 1. The minimum atomic E-state index is -0.255. The van der Waals surface area contributed by atoms with E-state index in [1.807, 2.05) is 24.6 Å². The van der Waals surface area contributed by atoms with Crippen LogP contribution in [0.15, 0.2) is 47.3 Å². The fourth-order valence-electron chi connectivity index (χ4n) is 3.09. The number of halogens is 1. The van der Waals surface area contributed by atoms with Gasteiger partial charge in [0.15, 0.2) is 0 Å². The van der Waals surface area contributed by atoms with Crippen molar-refractivity contribution in [3.8, 4) is 0 Å². The number of ketones is 1. The Kier molecular flexibility index (Phi) is 5.58. The summed E-state index contributed by atoms with van der Waals surface area (Å²) in [7, 11) is 1.84. The Hall–Kier alpha value is -2.70. The summed E-state index contributed by atoms with van der Waals surface area (Å²) in [4.78, 5) is 24.6. The fraction of sp³-hybridized carbons (Fsp3) is 0.250. The number of aliphatic hydroxyl groups is 1. The molecule has 3 aromatic rings. The van der Waals surface area contributed by atoms with Gasteiger partial charge in [0.1, 0.15) is 0 Å². The van der Waals surface area contributed by atoms with Crippen molar-refractivity contribution in [2.45, 2.75) is 19.9 Å². The summed E-state index contributed by atoms with van der Waals surface area (Å²) in [5, 5.41) is 13.9. The van der Waals surface area contributed by atoms with E-state index in [4.69, 9.17) is 16.7 Å². The summed E-state index contributed by atoms with van der Waals surface area (Å²) in [6.07, 6.45) is 0.469. The molecule has 0 unspecified atom stereocenters. The van der Waals surface area contributed by atoms with Crippen molar-refractivity contribution in [1.82, 2.24) is 14.3 Å². The molecule has 27 heavy (non-hydrogen) atoms. The van der Waals surface area contributed by atoms with E-state index in [0.717, 1.165) is 11.3 Å². The molecule has 1 N–H and O–H groups in total. The second-order valence-electron chi connectivity index (χ2n) is 6.35. The summed E-state index contributed by atoms with van der Waals surface area (Å²) < 4.78 is 3.10. The van der Waals surface area contributed by atoms with Gasteiger partial charge in [-0.3, -0.25) is 9.59 Å². The standard InChI is InChI=1S/C20H20ClN3O3/c1-13-11-17(12-16-7-8-18(26)24(22-16)9-10-25)23(2)19(13)20(27)14-3-5-15(21)6-4-14/h3-8,11,25H,9-10,12H2,1-2H3. The number of rotatable bonds is 6. The Balaban J connectivity index is 1.92. The molecule has 7 heteroatoms. The van der Waals surface area contributed by atoms with E-state index in [9.17, 15) is 9.59 Å². The first-order chi connectivity index (χ1) is 12.9. The Bertz CT molecular complexity index is 1040. The molecule has 0 spiro atoms. The zero-order chi connectivity index (χ0) is 19.6. The zero-order valence-electron chi connectivity index (χ0n) is 15.1. The van der Waals surface area contributed by atoms with Crippen LogP contribution in [0.25, 0.3) is 0 Å². The molecular weight excluding hydrogens is 366 g/mol. The number of hydrogen-bond donors (Lipinski definition) is 1. The highest BCUT2D eigenvalue weighted by Gasteiger charge is 2.19. The van der Waals surface area contributed by atoms with Crippen molar-refractivity contribution < 1.29 is 9.90 Å². The van der Waals surface area contributed by atoms with Gasteiger partial charge in [-0.1, -0.05) is 11.6 Å². The predicted molar refractivity (Wildman–Crippen MR) is 103 cm³/mol. The van der Waals surface area contributed by atoms with Gasteiger partial charge in [-0.2, -0.15) is 5.10 Å². The van der Waals surface area contributed by atoms with E-state index in [1.165, 1.54) is 10.7 Å². The van der Waals surface area contributed by atoms with Crippen LogP contribution >= 0.6 is 11.6 Å². The Labute approximate surface area is 161 Å². The minimum absolute atomic E-state index is 0.0730. The quantitative estimate of drug-likeness (QED) is 0.661. The molecule has 1 aromatic carbocycles. The van der Waals surface area contributed by atoms with Crippen molar-refractivity contribution in [1.29, 1.82) is 0 Å². The van der Waals surface area contributed by atoms with Crippen LogP contribution < -0.4 is 5.56 Å². The molecule has 0 amide bonds. The van der Waals surface area contributed by atoms with E-state index in [-0.39, 0.29) is 24.5 Å². The molecule has 6 nitrogen and oxygen atoms in total. The van der Waals surface area contributed by atoms with Crippen molar-refractivity contribution >= 4 is 17.4 Å². The molecule has 0 aliphatic rings. The van der Waals surface area contributed by atoms with Crippen LogP contribution in [0.4, 0.5) is 0 Å². The van der Waals surface area contributed by atoms with Crippen LogP contribution in [0, 0.1) is 6.92 Å². The first-order valence-corrected chi connectivity index (χ1v) is 8.92. The van der Waals surface area contributed by atoms with Gasteiger partial charge in [-0.05, 0) is 48.9 Å². The molecule has 0 saturated heterocycles. The first-order valence-electron chi connectivity index (χ1n) is 8.54. The van der Waals surface area contributed by atoms with Gasteiger partial charge in [0.05, 0.1) is 24.5 Å². The van der Waals surface area contributed by atoms with Gasteiger partial charge < -0.3 is 9.67 Å². The largest absolute Gasteiger partial charge is 0.394 e. The van der Waals surface area contributed by atoms with Crippen LogP contribution in [0.5, 0.6) is 0 Å². The highest BCUT2D eigenvalue weighted by atomic mass is 35.5. The maximum atomic E-state index is 12.9. The third-order valence-electron chi connectivity index (χ3n) is 4.44. The average molecular weight is 386 g/mol. The molecule has 3 rings (SSSR count). The maximum absolute atomic E-state index is 12.9. The van der Waals surface area contributed by atoms with Crippen LogP contribution in [0.1, 0.15) is 33.0 Å². The lowest BCUT2D eigenvalue weighted by atomic mass is 10.1. The first kappa shape index (κ1) is 19.1. The van der Waals surface area contributed by atoms with Gasteiger partial charge in [-0.25, -0.2) is 4.68 Å². The van der Waals surface area contributed by atoms with Gasteiger partial charge >= 0.3 is 0 Å². The number of aliphatic hydroxyl groups excluding tert-OH is 1. The number of nitrogens with zero attached hydrogens (tertiary/aromatic N) is 3. The fourth-order valence-corrected chi connectivity index (χ4v) is 3.21. The Morgan fingerprint density at radius 2 is 1.89 bits per heavy atom. The highest BCUT2D eigenvalue weighted by molar-refractivity contribution is 6.30. The maximum Gasteiger partial charge on any atom is 0.266 e. The molecule has 0 radical (unpaired) electrons. The smallest absolute Gasteiger partial charge is 0.266 e. The number of carbonyl (C=O) groups is 1. The highest BCUT2D eigenvalue weighted by Crippen LogP contribution is 2.21. The van der Waals surface area contributed by atoms with Crippen molar-refractivity contribution in [2.75, 3.05) is 6.61 Å². The molecule has 0 fully saturated rings. The lowest BCUT2D eigenvalue weighted by Crippen LogP contribution is -2.24. The average Bonchev–Trinajstić information content (AvgIpc) is 2.91. The SMILES string of the molecule is Cc1cc(Cc2ccc(=O)n(CCO)n2)n(C)c1C(=O)c1ccc(Cl)cc1. The molecule has 0 aliphatic carbocycles. The molecule has 140 valence electrons. The van der Waals surface area contributed by atoms with Crippen LogP contribution in [-0.2, 0) is 20.0 Å². The number of aromatic nitrogens is 3. The topological polar surface area (TPSA) is 77.1 Å². The normalized spacial score (nSPS) is 11.0. The second kappa shape index (κ2) is 7.90. The van der Waals surface area contributed by atoms with E-state index >= 15 is 0 Å². The molecule has 0 atom stereocenters. The summed E-state index contributed by atoms with van der Waals surface area (Å²) in [6.45, 7) is 1.89. The number of aryl methyl sites for hydroxylation is 1. The zero-order valence-corrected chi connectivity index (χ0v) is 15.9. The van der Waals surface area contributed by atoms with E-state index in [1.54, 1.807) is 30.3 Å². The Morgan fingerprint density at radius 3 is 2.56 bits per heavy atom. The molecule has 0 saturated carbocycles. The number of carbonyl (C=O) groups excluding carboxylic acids is 1. The molecule has 0 aliphatic heterocycles. The summed E-state index contributed by atoms with van der Waals surface area (Å²) >= 11 is 5.90. The summed E-state index contributed by atoms with van der Waals surface area (Å²) in [5.41, 5.74) is 3.40. The lowest BCUT2D eigenvalue weighted by molar-refractivity contribution is 0.103.